The quantitative estimate of drug-likeness (QED) is 0.494. The molecule has 0 N–H and O–H groups in total. The molecule has 1 aromatic heterocycles. The van der Waals surface area contributed by atoms with E-state index in [0.29, 0.717) is 19.4 Å². The Morgan fingerprint density at radius 1 is 0.971 bits per heavy atom. The minimum atomic E-state index is -4.82. The van der Waals surface area contributed by atoms with Gasteiger partial charge in [0, 0.05) is 30.3 Å². The van der Waals surface area contributed by atoms with Gasteiger partial charge in [-0.3, -0.25) is 18.7 Å². The van der Waals surface area contributed by atoms with Crippen molar-refractivity contribution in [3.8, 4) is 0 Å². The molecule has 6 nitrogen and oxygen atoms in total. The minimum absolute atomic E-state index is 0.0983. The number of halogens is 4. The summed E-state index contributed by atoms with van der Waals surface area (Å²) in [4.78, 5) is 40.3. The lowest BCUT2D eigenvalue weighted by molar-refractivity contribution is -0.138. The standard InChI is InChI=1S/C25H23F4N3O3/c1-16-13-23(34)32(15-21(17-7-3-2-4-8-17)30-12-6-11-22(30)33)24(35)31(16)14-18-19(25(27,28)29)9-5-10-20(18)26/h2-5,7-10,13,21H,6,11-12,14-15H2,1H3/t21-/m0/s1. The van der Waals surface area contributed by atoms with Crippen molar-refractivity contribution in [2.24, 2.45) is 0 Å². The normalized spacial score (nSPS) is 15.0. The monoisotopic (exact) mass is 489 g/mol. The Morgan fingerprint density at radius 3 is 2.31 bits per heavy atom. The van der Waals surface area contributed by atoms with Crippen LogP contribution in [0.2, 0.25) is 0 Å². The Balaban J connectivity index is 1.79. The van der Waals surface area contributed by atoms with Crippen molar-refractivity contribution >= 4 is 5.91 Å². The second-order valence-electron chi connectivity index (χ2n) is 8.48. The van der Waals surface area contributed by atoms with E-state index in [4.69, 9.17) is 0 Å². The molecule has 0 saturated carbocycles. The van der Waals surface area contributed by atoms with Gasteiger partial charge < -0.3 is 4.90 Å². The van der Waals surface area contributed by atoms with Gasteiger partial charge >= 0.3 is 11.9 Å². The maximum absolute atomic E-state index is 14.5. The van der Waals surface area contributed by atoms with E-state index < -0.39 is 47.0 Å². The number of carbonyl (C=O) groups excluding carboxylic acids is 1. The van der Waals surface area contributed by atoms with E-state index in [1.165, 1.54) is 6.92 Å². The van der Waals surface area contributed by atoms with Crippen LogP contribution in [0.25, 0.3) is 0 Å². The molecule has 184 valence electrons. The van der Waals surface area contributed by atoms with Crippen molar-refractivity contribution in [3.63, 3.8) is 0 Å². The van der Waals surface area contributed by atoms with Crippen molar-refractivity contribution in [3.05, 3.63) is 104 Å². The zero-order valence-corrected chi connectivity index (χ0v) is 18.9. The van der Waals surface area contributed by atoms with Gasteiger partial charge in [-0.1, -0.05) is 36.4 Å². The molecule has 3 aromatic rings. The predicted octanol–water partition coefficient (Wildman–Crippen LogP) is 3.89. The van der Waals surface area contributed by atoms with Gasteiger partial charge in [0.2, 0.25) is 5.91 Å². The van der Waals surface area contributed by atoms with Crippen LogP contribution in [0.15, 0.2) is 64.2 Å². The number of amides is 1. The van der Waals surface area contributed by atoms with E-state index in [9.17, 15) is 31.9 Å². The second kappa shape index (κ2) is 9.52. The molecule has 0 aliphatic carbocycles. The summed E-state index contributed by atoms with van der Waals surface area (Å²) in [7, 11) is 0. The summed E-state index contributed by atoms with van der Waals surface area (Å²) in [6, 6.07) is 12.0. The van der Waals surface area contributed by atoms with Gasteiger partial charge in [0.15, 0.2) is 0 Å². The topological polar surface area (TPSA) is 64.3 Å². The lowest BCUT2D eigenvalue weighted by Crippen LogP contribution is -2.44. The molecule has 0 spiro atoms. The molecule has 0 unspecified atom stereocenters. The summed E-state index contributed by atoms with van der Waals surface area (Å²) in [6.07, 6.45) is -3.83. The number of aryl methyl sites for hydroxylation is 1. The minimum Gasteiger partial charge on any atom is -0.334 e. The number of aromatic nitrogens is 2. The first-order chi connectivity index (χ1) is 16.6. The SMILES string of the molecule is Cc1cc(=O)n(C[C@@H](c2ccccc2)N2CCCC2=O)c(=O)n1Cc1c(F)cccc1C(F)(F)F. The Bertz CT molecular complexity index is 1360. The van der Waals surface area contributed by atoms with Crippen molar-refractivity contribution in [1.82, 2.24) is 14.0 Å². The fraction of sp³-hybridized carbons (Fsp3) is 0.320. The third-order valence-corrected chi connectivity index (χ3v) is 6.25. The number of rotatable bonds is 6. The van der Waals surface area contributed by atoms with E-state index in [0.717, 1.165) is 39.0 Å². The molecule has 0 bridgehead atoms. The van der Waals surface area contributed by atoms with Gasteiger partial charge in [0.1, 0.15) is 5.82 Å². The van der Waals surface area contributed by atoms with Crippen LogP contribution in [0.3, 0.4) is 0 Å². The summed E-state index contributed by atoms with van der Waals surface area (Å²) in [5, 5.41) is 0. The average molecular weight is 489 g/mol. The molecule has 0 radical (unpaired) electrons. The molecular formula is C25H23F4N3O3. The first-order valence-electron chi connectivity index (χ1n) is 11.1. The van der Waals surface area contributed by atoms with E-state index in [1.807, 2.05) is 0 Å². The van der Waals surface area contributed by atoms with Crippen LogP contribution in [-0.2, 0) is 24.1 Å². The van der Waals surface area contributed by atoms with Gasteiger partial charge in [-0.2, -0.15) is 13.2 Å². The molecule has 1 atom stereocenters. The number of alkyl halides is 3. The molecule has 1 saturated heterocycles. The lowest BCUT2D eigenvalue weighted by atomic mass is 10.1. The molecule has 4 rings (SSSR count). The van der Waals surface area contributed by atoms with Crippen LogP contribution in [-0.4, -0.2) is 26.5 Å². The largest absolute Gasteiger partial charge is 0.416 e. The predicted molar refractivity (Wildman–Crippen MR) is 120 cm³/mol. The molecule has 2 heterocycles. The van der Waals surface area contributed by atoms with E-state index in [1.54, 1.807) is 35.2 Å². The van der Waals surface area contributed by atoms with Crippen molar-refractivity contribution < 1.29 is 22.4 Å². The smallest absolute Gasteiger partial charge is 0.334 e. The number of likely N-dealkylation sites (tertiary alicyclic amines) is 1. The number of hydrogen-bond acceptors (Lipinski definition) is 3. The Kier molecular flexibility index (Phi) is 6.64. The lowest BCUT2D eigenvalue weighted by Gasteiger charge is -2.29. The van der Waals surface area contributed by atoms with Crippen LogP contribution in [0.1, 0.15) is 41.3 Å². The van der Waals surface area contributed by atoms with Gasteiger partial charge in [0.05, 0.1) is 24.7 Å². The molecule has 35 heavy (non-hydrogen) atoms. The maximum Gasteiger partial charge on any atom is 0.416 e. The third-order valence-electron chi connectivity index (χ3n) is 6.25. The van der Waals surface area contributed by atoms with E-state index in [-0.39, 0.29) is 18.1 Å². The van der Waals surface area contributed by atoms with Gasteiger partial charge in [0.25, 0.3) is 5.56 Å². The summed E-state index contributed by atoms with van der Waals surface area (Å²) in [5.41, 5.74) is -2.59. The van der Waals surface area contributed by atoms with Crippen LogP contribution in [0.4, 0.5) is 17.6 Å². The molecule has 1 amide bonds. The number of benzene rings is 2. The van der Waals surface area contributed by atoms with Crippen LogP contribution < -0.4 is 11.2 Å². The number of nitrogens with zero attached hydrogens (tertiary/aromatic N) is 3. The fourth-order valence-electron chi connectivity index (χ4n) is 4.46. The molecular weight excluding hydrogens is 466 g/mol. The highest BCUT2D eigenvalue weighted by atomic mass is 19.4. The van der Waals surface area contributed by atoms with Crippen molar-refractivity contribution in [1.29, 1.82) is 0 Å². The Morgan fingerprint density at radius 2 is 1.69 bits per heavy atom. The maximum atomic E-state index is 14.5. The number of hydrogen-bond donors (Lipinski definition) is 0. The first kappa shape index (κ1) is 24.4. The summed E-state index contributed by atoms with van der Waals surface area (Å²) in [5.74, 6) is -1.21. The van der Waals surface area contributed by atoms with Crippen LogP contribution in [0, 0.1) is 12.7 Å². The van der Waals surface area contributed by atoms with E-state index >= 15 is 0 Å². The zero-order valence-electron chi connectivity index (χ0n) is 18.9. The molecule has 1 aliphatic heterocycles. The summed E-state index contributed by atoms with van der Waals surface area (Å²) in [6.45, 7) is 0.972. The average Bonchev–Trinajstić information content (AvgIpc) is 3.23. The molecule has 2 aromatic carbocycles. The van der Waals surface area contributed by atoms with Gasteiger partial charge in [-0.25, -0.2) is 9.18 Å². The highest BCUT2D eigenvalue weighted by molar-refractivity contribution is 5.78. The van der Waals surface area contributed by atoms with Gasteiger partial charge in [-0.05, 0) is 31.0 Å². The highest BCUT2D eigenvalue weighted by Crippen LogP contribution is 2.33. The summed E-state index contributed by atoms with van der Waals surface area (Å²) >= 11 is 0. The van der Waals surface area contributed by atoms with Crippen LogP contribution in [0.5, 0.6) is 0 Å². The van der Waals surface area contributed by atoms with Crippen LogP contribution >= 0.6 is 0 Å². The third kappa shape index (κ3) is 4.91. The fourth-order valence-corrected chi connectivity index (χ4v) is 4.46. The van der Waals surface area contributed by atoms with Crippen molar-refractivity contribution in [2.45, 2.75) is 45.1 Å². The molecule has 1 fully saturated rings. The molecule has 1 aliphatic rings. The van der Waals surface area contributed by atoms with Crippen molar-refractivity contribution in [2.75, 3.05) is 6.54 Å². The Hall–Kier alpha value is -3.69. The molecule has 10 heteroatoms. The highest BCUT2D eigenvalue weighted by Gasteiger charge is 2.35. The Labute approximate surface area is 198 Å². The second-order valence-corrected chi connectivity index (χ2v) is 8.48. The first-order valence-corrected chi connectivity index (χ1v) is 11.1. The number of carbonyl (C=O) groups is 1. The zero-order chi connectivity index (χ0) is 25.3. The summed E-state index contributed by atoms with van der Waals surface area (Å²) < 4.78 is 56.8. The van der Waals surface area contributed by atoms with E-state index in [2.05, 4.69) is 0 Å². The van der Waals surface area contributed by atoms with Gasteiger partial charge in [-0.15, -0.1) is 0 Å².